The van der Waals surface area contributed by atoms with E-state index in [4.69, 9.17) is 12.8 Å². The zero-order chi connectivity index (χ0) is 8.81. The fourth-order valence-electron chi connectivity index (χ4n) is 0.661. The van der Waals surface area contributed by atoms with Crippen LogP contribution in [0.15, 0.2) is 11.5 Å². The zero-order valence-corrected chi connectivity index (χ0v) is 7.27. The standard InChI is InChI=1S/C8H7N3S/c1-3-5-11-7-9-8(10-11)12-6-4-2/h1-2,7H,5-6H2/p+1. The van der Waals surface area contributed by atoms with Crippen molar-refractivity contribution in [1.29, 1.82) is 0 Å². The van der Waals surface area contributed by atoms with Crippen molar-refractivity contribution >= 4 is 11.8 Å². The molecule has 0 amide bonds. The summed E-state index contributed by atoms with van der Waals surface area (Å²) < 4.78 is 1.72. The van der Waals surface area contributed by atoms with Crippen molar-refractivity contribution in [3.05, 3.63) is 6.33 Å². The molecule has 0 atom stereocenters. The molecule has 0 bridgehead atoms. The van der Waals surface area contributed by atoms with Gasteiger partial charge in [0.1, 0.15) is 0 Å². The van der Waals surface area contributed by atoms with Gasteiger partial charge in [-0.3, -0.25) is 0 Å². The topological polar surface area (TPSA) is 32.6 Å². The van der Waals surface area contributed by atoms with E-state index in [1.165, 1.54) is 11.8 Å². The Morgan fingerprint density at radius 3 is 3.08 bits per heavy atom. The van der Waals surface area contributed by atoms with E-state index in [1.54, 1.807) is 11.0 Å². The molecule has 60 valence electrons. The molecule has 12 heavy (non-hydrogen) atoms. The Kier molecular flexibility index (Phi) is 3.25. The first-order valence-corrected chi connectivity index (χ1v) is 4.29. The molecular weight excluding hydrogens is 170 g/mol. The predicted molar refractivity (Wildman–Crippen MR) is 47.2 cm³/mol. The molecule has 0 fully saturated rings. The van der Waals surface area contributed by atoms with Crippen LogP contribution in [0.3, 0.4) is 0 Å². The van der Waals surface area contributed by atoms with Gasteiger partial charge >= 0.3 is 11.5 Å². The van der Waals surface area contributed by atoms with Crippen molar-refractivity contribution in [2.75, 3.05) is 5.75 Å². The summed E-state index contributed by atoms with van der Waals surface area (Å²) in [7, 11) is 0. The van der Waals surface area contributed by atoms with Crippen LogP contribution in [0.25, 0.3) is 0 Å². The fourth-order valence-corrected chi connectivity index (χ4v) is 1.18. The minimum Gasteiger partial charge on any atom is -0.181 e. The summed E-state index contributed by atoms with van der Waals surface area (Å²) in [5, 5.41) is 3.77. The highest BCUT2D eigenvalue weighted by Gasteiger charge is 2.06. The van der Waals surface area contributed by atoms with E-state index < -0.39 is 0 Å². The Balaban J connectivity index is 2.55. The lowest BCUT2D eigenvalue weighted by atomic mass is 10.7. The average molecular weight is 178 g/mol. The van der Waals surface area contributed by atoms with Gasteiger partial charge in [-0.05, 0) is 16.7 Å². The molecule has 1 heterocycles. The third-order valence-electron chi connectivity index (χ3n) is 1.11. The summed E-state index contributed by atoms with van der Waals surface area (Å²) in [6, 6.07) is 0. The van der Waals surface area contributed by atoms with Crippen LogP contribution in [-0.4, -0.2) is 15.8 Å². The molecule has 0 aromatic carbocycles. The zero-order valence-electron chi connectivity index (χ0n) is 6.45. The normalized spacial score (nSPS) is 8.83. The van der Waals surface area contributed by atoms with Crippen molar-refractivity contribution < 1.29 is 4.68 Å². The van der Waals surface area contributed by atoms with Crippen LogP contribution in [0.5, 0.6) is 0 Å². The molecule has 1 rings (SSSR count). The third kappa shape index (κ3) is 2.34. The number of hydrogen-bond acceptors (Lipinski definition) is 2. The molecule has 3 nitrogen and oxygen atoms in total. The lowest BCUT2D eigenvalue weighted by Crippen LogP contribution is -2.34. The Morgan fingerprint density at radius 1 is 1.58 bits per heavy atom. The number of aromatic nitrogens is 3. The number of nitrogens with one attached hydrogen (secondary N) is 1. The Hall–Kier alpha value is -1.39. The van der Waals surface area contributed by atoms with E-state index in [1.807, 2.05) is 0 Å². The van der Waals surface area contributed by atoms with E-state index in [2.05, 4.69) is 21.9 Å². The van der Waals surface area contributed by atoms with E-state index in [9.17, 15) is 0 Å². The van der Waals surface area contributed by atoms with Gasteiger partial charge in [0, 0.05) is 0 Å². The van der Waals surface area contributed by atoms with Gasteiger partial charge in [-0.2, -0.15) is 5.10 Å². The van der Waals surface area contributed by atoms with Gasteiger partial charge in [0.25, 0.3) is 0 Å². The summed E-state index contributed by atoms with van der Waals surface area (Å²) >= 11 is 1.47. The van der Waals surface area contributed by atoms with E-state index in [0.717, 1.165) is 5.16 Å². The van der Waals surface area contributed by atoms with Gasteiger partial charge in [0.2, 0.25) is 0 Å². The van der Waals surface area contributed by atoms with Crippen molar-refractivity contribution in [2.24, 2.45) is 0 Å². The van der Waals surface area contributed by atoms with Gasteiger partial charge < -0.3 is 0 Å². The Morgan fingerprint density at radius 2 is 2.42 bits per heavy atom. The lowest BCUT2D eigenvalue weighted by molar-refractivity contribution is -0.742. The van der Waals surface area contributed by atoms with Gasteiger partial charge in [-0.1, -0.05) is 11.8 Å². The smallest absolute Gasteiger partial charge is 0.181 e. The minimum atomic E-state index is 0.504. The van der Waals surface area contributed by atoms with Gasteiger partial charge in [0.15, 0.2) is 6.54 Å². The minimum absolute atomic E-state index is 0.504. The van der Waals surface area contributed by atoms with Crippen LogP contribution in [0, 0.1) is 24.7 Å². The monoisotopic (exact) mass is 178 g/mol. The summed E-state index contributed by atoms with van der Waals surface area (Å²) in [4.78, 5) is 4.05. The summed E-state index contributed by atoms with van der Waals surface area (Å²) in [6.07, 6.45) is 11.9. The molecule has 0 spiro atoms. The molecular formula is C8H8N3S+. The quantitative estimate of drug-likeness (QED) is 0.403. The summed E-state index contributed by atoms with van der Waals surface area (Å²) in [5.41, 5.74) is 0. The Labute approximate surface area is 75.6 Å². The molecule has 1 N–H and O–H groups in total. The van der Waals surface area contributed by atoms with Gasteiger partial charge in [-0.15, -0.1) is 17.5 Å². The molecule has 0 aliphatic rings. The predicted octanol–water partition coefficient (Wildman–Crippen LogP) is 0.0557. The number of hydrogen-bond donors (Lipinski definition) is 1. The maximum absolute atomic E-state index is 5.11. The van der Waals surface area contributed by atoms with Gasteiger partial charge in [-0.25, -0.2) is 0 Å². The molecule has 0 saturated carbocycles. The molecule has 4 heteroatoms. The number of aromatic amines is 1. The van der Waals surface area contributed by atoms with Crippen LogP contribution in [0.1, 0.15) is 0 Å². The Bertz CT molecular complexity index is 329. The van der Waals surface area contributed by atoms with Crippen LogP contribution >= 0.6 is 11.8 Å². The second-order valence-electron chi connectivity index (χ2n) is 1.99. The maximum atomic E-state index is 5.11. The number of H-pyrrole nitrogens is 1. The molecule has 0 aliphatic heterocycles. The molecule has 0 saturated heterocycles. The van der Waals surface area contributed by atoms with E-state index >= 15 is 0 Å². The number of thioether (sulfide) groups is 1. The largest absolute Gasteiger partial charge is 0.311 e. The first kappa shape index (κ1) is 8.70. The highest BCUT2D eigenvalue weighted by Crippen LogP contribution is 2.07. The molecule has 1 aromatic heterocycles. The second-order valence-corrected chi connectivity index (χ2v) is 2.95. The highest BCUT2D eigenvalue weighted by atomic mass is 32.2. The van der Waals surface area contributed by atoms with Gasteiger partial charge in [0.05, 0.1) is 5.75 Å². The third-order valence-corrected chi connectivity index (χ3v) is 1.89. The number of terminal acetylenes is 2. The number of rotatable bonds is 3. The second kappa shape index (κ2) is 4.48. The lowest BCUT2D eigenvalue weighted by Gasteiger charge is -1.83. The maximum Gasteiger partial charge on any atom is 0.311 e. The highest BCUT2D eigenvalue weighted by molar-refractivity contribution is 7.99. The first-order chi connectivity index (χ1) is 5.86. The van der Waals surface area contributed by atoms with Crippen molar-refractivity contribution in [1.82, 2.24) is 10.1 Å². The van der Waals surface area contributed by atoms with Crippen LogP contribution in [0.2, 0.25) is 0 Å². The molecule has 0 unspecified atom stereocenters. The fraction of sp³-hybridized carbons (Fsp3) is 0.250. The molecule has 0 aliphatic carbocycles. The van der Waals surface area contributed by atoms with Crippen LogP contribution in [0.4, 0.5) is 0 Å². The van der Waals surface area contributed by atoms with Crippen LogP contribution in [-0.2, 0) is 6.54 Å². The average Bonchev–Trinajstić information content (AvgIpc) is 2.50. The van der Waals surface area contributed by atoms with E-state index in [-0.39, 0.29) is 0 Å². The number of nitrogens with zero attached hydrogens (tertiary/aromatic N) is 2. The molecule has 1 aromatic rings. The summed E-state index contributed by atoms with van der Waals surface area (Å²) in [5.74, 6) is 5.62. The molecule has 0 radical (unpaired) electrons. The van der Waals surface area contributed by atoms with E-state index in [0.29, 0.717) is 12.3 Å². The van der Waals surface area contributed by atoms with Crippen molar-refractivity contribution in [3.8, 4) is 24.7 Å². The van der Waals surface area contributed by atoms with Crippen LogP contribution < -0.4 is 4.68 Å². The first-order valence-electron chi connectivity index (χ1n) is 3.31. The summed E-state index contributed by atoms with van der Waals surface area (Å²) in [6.45, 7) is 0.504. The SMILES string of the molecule is C#CCSc1nc[n+](CC#C)[nH]1. The van der Waals surface area contributed by atoms with Crippen molar-refractivity contribution in [3.63, 3.8) is 0 Å². The van der Waals surface area contributed by atoms with Crippen molar-refractivity contribution in [2.45, 2.75) is 11.7 Å².